The van der Waals surface area contributed by atoms with Crippen molar-refractivity contribution in [2.24, 2.45) is 0 Å². The van der Waals surface area contributed by atoms with E-state index in [0.717, 1.165) is 6.54 Å². The predicted molar refractivity (Wildman–Crippen MR) is 53.0 cm³/mol. The molecule has 0 fully saturated rings. The molecule has 0 amide bonds. The third-order valence-electron chi connectivity index (χ3n) is 2.39. The van der Waals surface area contributed by atoms with Gasteiger partial charge in [-0.2, -0.15) is 0 Å². The molecule has 0 bridgehead atoms. The van der Waals surface area contributed by atoms with Crippen molar-refractivity contribution >= 4 is 0 Å². The van der Waals surface area contributed by atoms with Gasteiger partial charge in [-0.15, -0.1) is 0 Å². The van der Waals surface area contributed by atoms with Crippen LogP contribution in [-0.4, -0.2) is 28.8 Å². The third-order valence-corrected chi connectivity index (χ3v) is 2.39. The molecule has 0 saturated carbocycles. The second-order valence-corrected chi connectivity index (χ2v) is 3.45. The summed E-state index contributed by atoms with van der Waals surface area (Å²) in [4.78, 5) is 2.12. The largest absolute Gasteiger partial charge is 0.379 e. The first-order valence-electron chi connectivity index (χ1n) is 5.07. The molecule has 12 heavy (non-hydrogen) atoms. The van der Waals surface area contributed by atoms with Crippen molar-refractivity contribution in [3.63, 3.8) is 0 Å². The Kier molecular flexibility index (Phi) is 6.39. The summed E-state index contributed by atoms with van der Waals surface area (Å²) in [6.45, 7) is 9.25. The maximum atomic E-state index is 9.41. The summed E-state index contributed by atoms with van der Waals surface area (Å²) in [5, 5.41) is 9.41. The normalized spacial score (nSPS) is 16.5. The average Bonchev–Trinajstić information content (AvgIpc) is 2.01. The highest BCUT2D eigenvalue weighted by molar-refractivity contribution is 4.66. The molecule has 0 aliphatic rings. The van der Waals surface area contributed by atoms with Gasteiger partial charge in [-0.1, -0.05) is 26.7 Å². The van der Waals surface area contributed by atoms with Crippen LogP contribution in [-0.2, 0) is 0 Å². The Morgan fingerprint density at radius 3 is 2.17 bits per heavy atom. The van der Waals surface area contributed by atoms with Gasteiger partial charge in [-0.05, 0) is 26.8 Å². The number of hydrogen-bond acceptors (Lipinski definition) is 2. The second kappa shape index (κ2) is 6.44. The van der Waals surface area contributed by atoms with Crippen molar-refractivity contribution in [3.8, 4) is 0 Å². The standard InChI is InChI=1S/C10H23NO/c1-5-7-8-9(3)11(6-2)10(4)12/h9-10,12H,5-8H2,1-4H3. The molecular formula is C10H23NO. The smallest absolute Gasteiger partial charge is 0.104 e. The van der Waals surface area contributed by atoms with Crippen molar-refractivity contribution in [2.45, 2.75) is 59.2 Å². The summed E-state index contributed by atoms with van der Waals surface area (Å²) in [6, 6.07) is 0.509. The molecule has 0 radical (unpaired) electrons. The lowest BCUT2D eigenvalue weighted by molar-refractivity contribution is -0.00576. The number of aliphatic hydroxyl groups excluding tert-OH is 1. The summed E-state index contributed by atoms with van der Waals surface area (Å²) in [7, 11) is 0. The van der Waals surface area contributed by atoms with E-state index in [-0.39, 0.29) is 6.23 Å². The zero-order valence-electron chi connectivity index (χ0n) is 8.88. The summed E-state index contributed by atoms with van der Waals surface area (Å²) >= 11 is 0. The van der Waals surface area contributed by atoms with Gasteiger partial charge in [0, 0.05) is 6.04 Å². The molecule has 0 saturated heterocycles. The van der Waals surface area contributed by atoms with E-state index in [1.165, 1.54) is 19.3 Å². The molecular weight excluding hydrogens is 150 g/mol. The third kappa shape index (κ3) is 4.07. The molecule has 0 aromatic rings. The van der Waals surface area contributed by atoms with E-state index < -0.39 is 0 Å². The zero-order chi connectivity index (χ0) is 9.56. The van der Waals surface area contributed by atoms with E-state index in [0.29, 0.717) is 6.04 Å². The van der Waals surface area contributed by atoms with E-state index >= 15 is 0 Å². The van der Waals surface area contributed by atoms with Crippen molar-refractivity contribution in [1.29, 1.82) is 0 Å². The van der Waals surface area contributed by atoms with Crippen LogP contribution in [0.3, 0.4) is 0 Å². The summed E-state index contributed by atoms with van der Waals surface area (Å²) in [6.07, 6.45) is 3.38. The molecule has 2 unspecified atom stereocenters. The van der Waals surface area contributed by atoms with Crippen LogP contribution >= 0.6 is 0 Å². The van der Waals surface area contributed by atoms with Crippen molar-refractivity contribution < 1.29 is 5.11 Å². The van der Waals surface area contributed by atoms with Crippen molar-refractivity contribution in [2.75, 3.05) is 6.54 Å². The Morgan fingerprint density at radius 2 is 1.83 bits per heavy atom. The van der Waals surface area contributed by atoms with Gasteiger partial charge < -0.3 is 5.11 Å². The number of nitrogens with zero attached hydrogens (tertiary/aromatic N) is 1. The molecule has 2 heteroatoms. The molecule has 0 spiro atoms. The fraction of sp³-hybridized carbons (Fsp3) is 1.00. The molecule has 0 aromatic heterocycles. The average molecular weight is 173 g/mol. The molecule has 2 nitrogen and oxygen atoms in total. The minimum Gasteiger partial charge on any atom is -0.379 e. The molecule has 1 N–H and O–H groups in total. The molecule has 0 aliphatic carbocycles. The fourth-order valence-corrected chi connectivity index (χ4v) is 1.61. The first-order valence-corrected chi connectivity index (χ1v) is 5.07. The minimum atomic E-state index is -0.304. The Morgan fingerprint density at radius 1 is 1.25 bits per heavy atom. The van der Waals surface area contributed by atoms with Crippen LogP contribution in [0.4, 0.5) is 0 Å². The van der Waals surface area contributed by atoms with Crippen molar-refractivity contribution in [1.82, 2.24) is 4.90 Å². The zero-order valence-corrected chi connectivity index (χ0v) is 8.88. The van der Waals surface area contributed by atoms with Crippen LogP contribution < -0.4 is 0 Å². The lowest BCUT2D eigenvalue weighted by Crippen LogP contribution is -2.39. The summed E-state index contributed by atoms with van der Waals surface area (Å²) < 4.78 is 0. The van der Waals surface area contributed by atoms with E-state index in [4.69, 9.17) is 0 Å². The summed E-state index contributed by atoms with van der Waals surface area (Å²) in [5.74, 6) is 0. The maximum absolute atomic E-state index is 9.41. The van der Waals surface area contributed by atoms with Crippen molar-refractivity contribution in [3.05, 3.63) is 0 Å². The lowest BCUT2D eigenvalue weighted by atomic mass is 10.1. The summed E-state index contributed by atoms with van der Waals surface area (Å²) in [5.41, 5.74) is 0. The Balaban J connectivity index is 3.77. The van der Waals surface area contributed by atoms with Gasteiger partial charge in [-0.25, -0.2) is 0 Å². The molecule has 74 valence electrons. The molecule has 0 aliphatic heterocycles. The van der Waals surface area contributed by atoms with Gasteiger partial charge in [0.1, 0.15) is 6.23 Å². The predicted octanol–water partition coefficient (Wildman–Crippen LogP) is 2.23. The molecule has 2 atom stereocenters. The lowest BCUT2D eigenvalue weighted by Gasteiger charge is -2.30. The molecule has 0 aromatic carbocycles. The van der Waals surface area contributed by atoms with Gasteiger partial charge in [0.25, 0.3) is 0 Å². The van der Waals surface area contributed by atoms with Gasteiger partial charge >= 0.3 is 0 Å². The minimum absolute atomic E-state index is 0.304. The number of aliphatic hydroxyl groups is 1. The quantitative estimate of drug-likeness (QED) is 0.623. The van der Waals surface area contributed by atoms with Crippen LogP contribution in [0.5, 0.6) is 0 Å². The second-order valence-electron chi connectivity index (χ2n) is 3.45. The topological polar surface area (TPSA) is 23.5 Å². The number of unbranched alkanes of at least 4 members (excludes halogenated alkanes) is 1. The first kappa shape index (κ1) is 11.9. The Hall–Kier alpha value is -0.0800. The Labute approximate surface area is 76.6 Å². The maximum Gasteiger partial charge on any atom is 0.104 e. The SMILES string of the molecule is CCCCC(C)N(CC)C(C)O. The first-order chi connectivity index (χ1) is 5.63. The van der Waals surface area contributed by atoms with Gasteiger partial charge in [0.05, 0.1) is 0 Å². The van der Waals surface area contributed by atoms with Crippen LogP contribution in [0, 0.1) is 0 Å². The number of rotatable bonds is 6. The van der Waals surface area contributed by atoms with Crippen LogP contribution in [0.25, 0.3) is 0 Å². The van der Waals surface area contributed by atoms with Crippen LogP contribution in [0.15, 0.2) is 0 Å². The van der Waals surface area contributed by atoms with Crippen LogP contribution in [0.2, 0.25) is 0 Å². The molecule has 0 heterocycles. The highest BCUT2D eigenvalue weighted by atomic mass is 16.3. The van der Waals surface area contributed by atoms with E-state index in [1.807, 2.05) is 6.92 Å². The van der Waals surface area contributed by atoms with E-state index in [9.17, 15) is 5.11 Å². The fourth-order valence-electron chi connectivity index (χ4n) is 1.61. The van der Waals surface area contributed by atoms with Gasteiger partial charge in [0.15, 0.2) is 0 Å². The number of hydrogen-bond donors (Lipinski definition) is 1. The monoisotopic (exact) mass is 173 g/mol. The highest BCUT2D eigenvalue weighted by Crippen LogP contribution is 2.10. The van der Waals surface area contributed by atoms with E-state index in [2.05, 4.69) is 25.7 Å². The Bertz CT molecular complexity index is 104. The highest BCUT2D eigenvalue weighted by Gasteiger charge is 2.14. The van der Waals surface area contributed by atoms with Crippen LogP contribution in [0.1, 0.15) is 47.0 Å². The van der Waals surface area contributed by atoms with E-state index in [1.54, 1.807) is 0 Å². The van der Waals surface area contributed by atoms with Gasteiger partial charge in [0.2, 0.25) is 0 Å². The molecule has 0 rings (SSSR count). The van der Waals surface area contributed by atoms with Gasteiger partial charge in [-0.3, -0.25) is 4.90 Å².